The first kappa shape index (κ1) is 14.8. The van der Waals surface area contributed by atoms with Crippen molar-refractivity contribution in [3.05, 3.63) is 39.3 Å². The summed E-state index contributed by atoms with van der Waals surface area (Å²) < 4.78 is 2.16. The van der Waals surface area contributed by atoms with Crippen LogP contribution in [0.5, 0.6) is 0 Å². The molecule has 0 spiro atoms. The highest BCUT2D eigenvalue weighted by Crippen LogP contribution is 2.35. The van der Waals surface area contributed by atoms with Crippen LogP contribution in [0.4, 0.5) is 0 Å². The average Bonchev–Trinajstić information content (AvgIpc) is 3.11. The number of fused-ring (bicyclic) bond motifs is 1. The van der Waals surface area contributed by atoms with Crippen LogP contribution >= 0.6 is 11.3 Å². The summed E-state index contributed by atoms with van der Waals surface area (Å²) in [6.45, 7) is 6.36. The zero-order chi connectivity index (χ0) is 14.7. The molecule has 2 aromatic rings. The molecule has 0 saturated heterocycles. The summed E-state index contributed by atoms with van der Waals surface area (Å²) in [5.74, 6) is 0. The van der Waals surface area contributed by atoms with Gasteiger partial charge in [0, 0.05) is 22.5 Å². The van der Waals surface area contributed by atoms with Gasteiger partial charge in [-0.2, -0.15) is 5.10 Å². The number of nitrogens with zero attached hydrogens (tertiary/aromatic N) is 2. The molecular weight excluding hydrogens is 278 g/mol. The number of nitrogens with one attached hydrogen (secondary N) is 1. The second-order valence-corrected chi connectivity index (χ2v) is 6.94. The Balaban J connectivity index is 1.93. The molecule has 0 saturated carbocycles. The topological polar surface area (TPSA) is 29.9 Å². The van der Waals surface area contributed by atoms with E-state index in [9.17, 15) is 0 Å². The summed E-state index contributed by atoms with van der Waals surface area (Å²) in [5.41, 5.74) is 2.89. The Bertz CT molecular complexity index is 561. The summed E-state index contributed by atoms with van der Waals surface area (Å²) in [5, 5.41) is 8.16. The van der Waals surface area contributed by atoms with Crippen LogP contribution in [0.2, 0.25) is 0 Å². The molecule has 21 heavy (non-hydrogen) atoms. The average molecular weight is 303 g/mol. The van der Waals surface area contributed by atoms with Crippen molar-refractivity contribution in [1.82, 2.24) is 15.1 Å². The summed E-state index contributed by atoms with van der Waals surface area (Å²) in [4.78, 5) is 3.07. The molecule has 0 bridgehead atoms. The van der Waals surface area contributed by atoms with Crippen molar-refractivity contribution in [3.8, 4) is 0 Å². The maximum atomic E-state index is 4.50. The van der Waals surface area contributed by atoms with E-state index in [-0.39, 0.29) is 0 Å². The van der Waals surface area contributed by atoms with E-state index < -0.39 is 0 Å². The number of hydrogen-bond donors (Lipinski definition) is 1. The zero-order valence-electron chi connectivity index (χ0n) is 13.1. The fraction of sp³-hybridized carbons (Fsp3) is 0.588. The Hall–Kier alpha value is -1.13. The van der Waals surface area contributed by atoms with Gasteiger partial charge in [0.05, 0.1) is 11.7 Å². The van der Waals surface area contributed by atoms with Crippen LogP contribution in [0, 0.1) is 0 Å². The van der Waals surface area contributed by atoms with Gasteiger partial charge in [-0.1, -0.05) is 13.8 Å². The molecule has 4 heteroatoms. The molecule has 0 radical (unpaired) electrons. The van der Waals surface area contributed by atoms with Crippen molar-refractivity contribution in [2.24, 2.45) is 0 Å². The van der Waals surface area contributed by atoms with Gasteiger partial charge in [-0.15, -0.1) is 11.3 Å². The van der Waals surface area contributed by atoms with Gasteiger partial charge in [-0.3, -0.25) is 4.68 Å². The lowest BCUT2D eigenvalue weighted by molar-refractivity contribution is 0.524. The van der Waals surface area contributed by atoms with Gasteiger partial charge in [-0.25, -0.2) is 0 Å². The number of aromatic nitrogens is 2. The van der Waals surface area contributed by atoms with Crippen LogP contribution in [0.15, 0.2) is 18.3 Å². The van der Waals surface area contributed by atoms with Crippen molar-refractivity contribution < 1.29 is 0 Å². The van der Waals surface area contributed by atoms with Crippen molar-refractivity contribution in [1.29, 1.82) is 0 Å². The Kier molecular flexibility index (Phi) is 4.76. The standard InChI is InChI=1S/C17H25N3S/c1-3-11-20-14(9-10-19-20)17(18-4-2)16-12-13-7-5-6-8-15(13)21-16/h9-10,12,17-18H,3-8,11H2,1-2H3. The molecule has 1 aliphatic rings. The van der Waals surface area contributed by atoms with Gasteiger partial charge in [0.2, 0.25) is 0 Å². The smallest absolute Gasteiger partial charge is 0.0841 e. The number of aryl methyl sites for hydroxylation is 3. The molecule has 3 nitrogen and oxygen atoms in total. The number of rotatable bonds is 6. The predicted molar refractivity (Wildman–Crippen MR) is 89.0 cm³/mol. The molecule has 2 aromatic heterocycles. The van der Waals surface area contributed by atoms with Gasteiger partial charge >= 0.3 is 0 Å². The summed E-state index contributed by atoms with van der Waals surface area (Å²) in [6, 6.07) is 4.90. The molecule has 0 fully saturated rings. The maximum absolute atomic E-state index is 4.50. The van der Waals surface area contributed by atoms with E-state index in [1.54, 1.807) is 10.4 Å². The monoisotopic (exact) mass is 303 g/mol. The Morgan fingerprint density at radius 2 is 2.19 bits per heavy atom. The van der Waals surface area contributed by atoms with Crippen molar-refractivity contribution in [2.45, 2.75) is 58.5 Å². The first-order valence-electron chi connectivity index (χ1n) is 8.20. The van der Waals surface area contributed by atoms with Gasteiger partial charge < -0.3 is 5.32 Å². The lowest BCUT2D eigenvalue weighted by Gasteiger charge is -2.18. The normalized spacial score (nSPS) is 15.9. The van der Waals surface area contributed by atoms with E-state index in [1.807, 2.05) is 17.5 Å². The molecular formula is C17H25N3S. The van der Waals surface area contributed by atoms with E-state index in [1.165, 1.54) is 36.3 Å². The highest BCUT2D eigenvalue weighted by atomic mass is 32.1. The molecule has 114 valence electrons. The third-order valence-electron chi connectivity index (χ3n) is 4.19. The molecule has 0 amide bonds. The third-order valence-corrected chi connectivity index (χ3v) is 5.49. The Morgan fingerprint density at radius 3 is 2.95 bits per heavy atom. The summed E-state index contributed by atoms with van der Waals surface area (Å²) in [6.07, 6.45) is 8.29. The first-order valence-corrected chi connectivity index (χ1v) is 9.01. The largest absolute Gasteiger partial charge is 0.305 e. The predicted octanol–water partition coefficient (Wildman–Crippen LogP) is 3.93. The van der Waals surface area contributed by atoms with Crippen molar-refractivity contribution in [3.63, 3.8) is 0 Å². The molecule has 3 rings (SSSR count). The fourth-order valence-corrected chi connectivity index (χ4v) is 4.54. The van der Waals surface area contributed by atoms with Crippen LogP contribution < -0.4 is 5.32 Å². The lowest BCUT2D eigenvalue weighted by atomic mass is 9.98. The van der Waals surface area contributed by atoms with Crippen LogP contribution in [-0.2, 0) is 19.4 Å². The van der Waals surface area contributed by atoms with E-state index in [0.29, 0.717) is 6.04 Å². The van der Waals surface area contributed by atoms with E-state index in [2.05, 4.69) is 41.1 Å². The van der Waals surface area contributed by atoms with E-state index in [4.69, 9.17) is 0 Å². The quantitative estimate of drug-likeness (QED) is 0.876. The SMILES string of the molecule is CCCn1nccc1C(NCC)c1cc2c(s1)CCCC2. The van der Waals surface area contributed by atoms with Crippen molar-refractivity contribution >= 4 is 11.3 Å². The van der Waals surface area contributed by atoms with Crippen LogP contribution in [0.25, 0.3) is 0 Å². The minimum absolute atomic E-state index is 0.291. The maximum Gasteiger partial charge on any atom is 0.0841 e. The van der Waals surface area contributed by atoms with E-state index >= 15 is 0 Å². The summed E-state index contributed by atoms with van der Waals surface area (Å²) in [7, 11) is 0. The second-order valence-electron chi connectivity index (χ2n) is 5.77. The van der Waals surface area contributed by atoms with Crippen LogP contribution in [0.1, 0.15) is 60.2 Å². The number of hydrogen-bond acceptors (Lipinski definition) is 3. The van der Waals surface area contributed by atoms with Gasteiger partial charge in [0.1, 0.15) is 0 Å². The van der Waals surface area contributed by atoms with Gasteiger partial charge in [-0.05, 0) is 56.3 Å². The Morgan fingerprint density at radius 1 is 1.33 bits per heavy atom. The highest BCUT2D eigenvalue weighted by Gasteiger charge is 2.22. The minimum atomic E-state index is 0.291. The van der Waals surface area contributed by atoms with Crippen molar-refractivity contribution in [2.75, 3.05) is 6.54 Å². The zero-order valence-corrected chi connectivity index (χ0v) is 13.9. The van der Waals surface area contributed by atoms with E-state index in [0.717, 1.165) is 19.5 Å². The molecule has 1 aliphatic carbocycles. The molecule has 2 heterocycles. The second kappa shape index (κ2) is 6.75. The Labute approximate surface area is 131 Å². The molecule has 0 aromatic carbocycles. The number of thiophene rings is 1. The van der Waals surface area contributed by atoms with Gasteiger partial charge in [0.25, 0.3) is 0 Å². The molecule has 1 atom stereocenters. The summed E-state index contributed by atoms with van der Waals surface area (Å²) >= 11 is 2.00. The highest BCUT2D eigenvalue weighted by molar-refractivity contribution is 7.12. The van der Waals surface area contributed by atoms with Gasteiger partial charge in [0.15, 0.2) is 0 Å². The molecule has 1 unspecified atom stereocenters. The first-order chi connectivity index (χ1) is 10.3. The van der Waals surface area contributed by atoms with Crippen LogP contribution in [-0.4, -0.2) is 16.3 Å². The molecule has 0 aliphatic heterocycles. The van der Waals surface area contributed by atoms with Crippen LogP contribution in [0.3, 0.4) is 0 Å². The third kappa shape index (κ3) is 3.06. The minimum Gasteiger partial charge on any atom is -0.305 e. The molecule has 1 N–H and O–H groups in total. The lowest BCUT2D eigenvalue weighted by Crippen LogP contribution is -2.24. The fourth-order valence-electron chi connectivity index (χ4n) is 3.20.